The number of hydrogen-bond acceptors (Lipinski definition) is 4. The van der Waals surface area contributed by atoms with E-state index in [0.717, 1.165) is 11.1 Å². The van der Waals surface area contributed by atoms with E-state index in [1.54, 1.807) is 30.5 Å². The van der Waals surface area contributed by atoms with Crippen molar-refractivity contribution >= 4 is 5.91 Å². The Kier molecular flexibility index (Phi) is 7.23. The lowest BCUT2D eigenvalue weighted by atomic mass is 10.0. The number of nitrogens with one attached hydrogen (secondary N) is 1. The van der Waals surface area contributed by atoms with Crippen LogP contribution in [0.4, 0.5) is 13.2 Å². The van der Waals surface area contributed by atoms with Crippen LogP contribution in [0.15, 0.2) is 71.3 Å². The zero-order valence-corrected chi connectivity index (χ0v) is 16.8. The first-order valence-corrected chi connectivity index (χ1v) is 9.60. The van der Waals surface area contributed by atoms with Crippen molar-refractivity contribution in [2.45, 2.75) is 25.1 Å². The van der Waals surface area contributed by atoms with E-state index in [1.807, 2.05) is 30.3 Å². The Labute approximate surface area is 177 Å². The number of carbonyl (C=O) groups is 1. The molecule has 1 unspecified atom stereocenters. The highest BCUT2D eigenvalue weighted by atomic mass is 19.4. The molecule has 0 spiro atoms. The molecule has 0 aliphatic carbocycles. The number of benzene rings is 2. The minimum atomic E-state index is -4.44. The third-order valence-corrected chi connectivity index (χ3v) is 4.53. The Morgan fingerprint density at radius 3 is 2.48 bits per heavy atom. The smallest absolute Gasteiger partial charge is 0.422 e. The molecule has 5 nitrogen and oxygen atoms in total. The fourth-order valence-electron chi connectivity index (χ4n) is 3.06. The van der Waals surface area contributed by atoms with Crippen LogP contribution in [0.25, 0.3) is 0 Å². The maximum Gasteiger partial charge on any atom is 0.422 e. The molecule has 0 aliphatic heterocycles. The number of aryl methyl sites for hydroxylation is 1. The van der Waals surface area contributed by atoms with Gasteiger partial charge >= 0.3 is 6.18 Å². The van der Waals surface area contributed by atoms with Crippen LogP contribution in [0.2, 0.25) is 0 Å². The number of ether oxygens (including phenoxy) is 2. The first-order chi connectivity index (χ1) is 14.9. The maximum atomic E-state index is 12.6. The Balaban J connectivity index is 1.63. The van der Waals surface area contributed by atoms with Crippen molar-refractivity contribution in [2.24, 2.45) is 0 Å². The maximum absolute atomic E-state index is 12.6. The summed E-state index contributed by atoms with van der Waals surface area (Å²) < 4.78 is 52.5. The van der Waals surface area contributed by atoms with Gasteiger partial charge in [0.25, 0.3) is 0 Å². The number of carbonyl (C=O) groups excluding carboxylic acids is 1. The molecule has 1 heterocycles. The summed E-state index contributed by atoms with van der Waals surface area (Å²) in [5.74, 6) is 0.601. The normalized spacial score (nSPS) is 12.3. The quantitative estimate of drug-likeness (QED) is 0.512. The second-order valence-electron chi connectivity index (χ2n) is 6.82. The Morgan fingerprint density at radius 2 is 1.84 bits per heavy atom. The third-order valence-electron chi connectivity index (χ3n) is 4.53. The van der Waals surface area contributed by atoms with Gasteiger partial charge in [-0.15, -0.1) is 0 Å². The molecule has 0 saturated heterocycles. The van der Waals surface area contributed by atoms with Crippen LogP contribution in [0.1, 0.15) is 29.3 Å². The van der Waals surface area contributed by atoms with Gasteiger partial charge in [-0.1, -0.05) is 36.4 Å². The highest BCUT2D eigenvalue weighted by Gasteiger charge is 2.29. The van der Waals surface area contributed by atoms with Gasteiger partial charge < -0.3 is 19.2 Å². The molecule has 0 saturated carbocycles. The Bertz CT molecular complexity index is 972. The molecule has 1 N–H and O–H groups in total. The minimum Gasteiger partial charge on any atom is -0.493 e. The zero-order valence-electron chi connectivity index (χ0n) is 16.8. The van der Waals surface area contributed by atoms with E-state index >= 15 is 0 Å². The van der Waals surface area contributed by atoms with Gasteiger partial charge in [0.1, 0.15) is 11.8 Å². The summed E-state index contributed by atoms with van der Waals surface area (Å²) in [5, 5.41) is 2.97. The highest BCUT2D eigenvalue weighted by Crippen LogP contribution is 2.30. The molecule has 31 heavy (non-hydrogen) atoms. The van der Waals surface area contributed by atoms with Crippen LogP contribution < -0.4 is 14.8 Å². The molecule has 0 radical (unpaired) electrons. The minimum absolute atomic E-state index is 0.00464. The van der Waals surface area contributed by atoms with Crippen LogP contribution in [0, 0.1) is 0 Å². The van der Waals surface area contributed by atoms with Crippen LogP contribution in [-0.4, -0.2) is 25.8 Å². The van der Waals surface area contributed by atoms with Crippen molar-refractivity contribution in [3.05, 3.63) is 83.8 Å². The summed E-state index contributed by atoms with van der Waals surface area (Å²) in [5.41, 5.74) is 1.62. The summed E-state index contributed by atoms with van der Waals surface area (Å²) in [6, 6.07) is 17.2. The lowest BCUT2D eigenvalue weighted by molar-refractivity contribution is -0.153. The van der Waals surface area contributed by atoms with Crippen LogP contribution in [0.3, 0.4) is 0 Å². The van der Waals surface area contributed by atoms with Gasteiger partial charge in [0.2, 0.25) is 5.91 Å². The molecule has 0 fully saturated rings. The lowest BCUT2D eigenvalue weighted by Gasteiger charge is -2.17. The van der Waals surface area contributed by atoms with Crippen molar-refractivity contribution in [2.75, 3.05) is 13.7 Å². The van der Waals surface area contributed by atoms with E-state index in [1.165, 1.54) is 13.2 Å². The van der Waals surface area contributed by atoms with E-state index < -0.39 is 18.8 Å². The monoisotopic (exact) mass is 433 g/mol. The highest BCUT2D eigenvalue weighted by molar-refractivity contribution is 5.77. The van der Waals surface area contributed by atoms with Crippen LogP contribution >= 0.6 is 0 Å². The summed E-state index contributed by atoms with van der Waals surface area (Å²) in [6.07, 6.45) is -2.34. The van der Waals surface area contributed by atoms with E-state index in [0.29, 0.717) is 12.2 Å². The standard InChI is InChI=1S/C23H22F3NO4/c1-29-20-14-16(9-11-18(20)31-15-23(24,25)26)10-12-21(28)27-22(19-8-5-13-30-19)17-6-3-2-4-7-17/h2-9,11,13-14,22H,10,12,15H2,1H3,(H,27,28). The fraction of sp³-hybridized carbons (Fsp3) is 0.261. The lowest BCUT2D eigenvalue weighted by Crippen LogP contribution is -2.29. The number of hydrogen-bond donors (Lipinski definition) is 1. The topological polar surface area (TPSA) is 60.7 Å². The van der Waals surface area contributed by atoms with Crippen molar-refractivity contribution in [1.29, 1.82) is 0 Å². The van der Waals surface area contributed by atoms with Gasteiger partial charge in [-0.3, -0.25) is 4.79 Å². The van der Waals surface area contributed by atoms with Gasteiger partial charge in [-0.25, -0.2) is 0 Å². The van der Waals surface area contributed by atoms with E-state index in [4.69, 9.17) is 13.9 Å². The third kappa shape index (κ3) is 6.53. The van der Waals surface area contributed by atoms with E-state index in [9.17, 15) is 18.0 Å². The molecule has 164 valence electrons. The first-order valence-electron chi connectivity index (χ1n) is 9.60. The SMILES string of the molecule is COc1cc(CCC(=O)NC(c2ccccc2)c2ccco2)ccc1OCC(F)(F)F. The molecule has 3 rings (SSSR count). The average Bonchev–Trinajstić information content (AvgIpc) is 3.29. The molecular formula is C23H22F3NO4. The molecule has 1 atom stereocenters. The predicted molar refractivity (Wildman–Crippen MR) is 108 cm³/mol. The number of furan rings is 1. The summed E-state index contributed by atoms with van der Waals surface area (Å²) in [7, 11) is 1.35. The molecule has 0 aliphatic rings. The number of alkyl halides is 3. The number of halogens is 3. The van der Waals surface area contributed by atoms with Crippen molar-refractivity contribution < 1.29 is 31.9 Å². The van der Waals surface area contributed by atoms with Gasteiger partial charge in [-0.05, 0) is 41.8 Å². The first kappa shape index (κ1) is 22.3. The largest absolute Gasteiger partial charge is 0.493 e. The molecule has 8 heteroatoms. The Morgan fingerprint density at radius 1 is 1.06 bits per heavy atom. The van der Waals surface area contributed by atoms with Gasteiger partial charge in [0, 0.05) is 6.42 Å². The second kappa shape index (κ2) is 10.1. The van der Waals surface area contributed by atoms with E-state index in [-0.39, 0.29) is 23.8 Å². The van der Waals surface area contributed by atoms with E-state index in [2.05, 4.69) is 5.32 Å². The molecule has 2 aromatic carbocycles. The summed E-state index contributed by atoms with van der Waals surface area (Å²) in [6.45, 7) is -1.40. The molecular weight excluding hydrogens is 411 g/mol. The van der Waals surface area contributed by atoms with Crippen molar-refractivity contribution in [3.8, 4) is 11.5 Å². The van der Waals surface area contributed by atoms with Crippen molar-refractivity contribution in [1.82, 2.24) is 5.32 Å². The van der Waals surface area contributed by atoms with Crippen molar-refractivity contribution in [3.63, 3.8) is 0 Å². The Hall–Kier alpha value is -3.42. The molecule has 1 amide bonds. The zero-order chi connectivity index (χ0) is 22.3. The van der Waals surface area contributed by atoms with Crippen LogP contribution in [-0.2, 0) is 11.2 Å². The number of rotatable bonds is 9. The van der Waals surface area contributed by atoms with Gasteiger partial charge in [-0.2, -0.15) is 13.2 Å². The van der Waals surface area contributed by atoms with Crippen LogP contribution in [0.5, 0.6) is 11.5 Å². The van der Waals surface area contributed by atoms with Gasteiger partial charge in [0.05, 0.1) is 13.4 Å². The predicted octanol–water partition coefficient (Wildman–Crippen LogP) is 5.07. The average molecular weight is 433 g/mol. The number of methoxy groups -OCH3 is 1. The summed E-state index contributed by atoms with van der Waals surface area (Å²) >= 11 is 0. The fourth-order valence-corrected chi connectivity index (χ4v) is 3.06. The number of amides is 1. The molecule has 3 aromatic rings. The summed E-state index contributed by atoms with van der Waals surface area (Å²) in [4.78, 5) is 12.6. The molecule has 1 aromatic heterocycles. The van der Waals surface area contributed by atoms with Gasteiger partial charge in [0.15, 0.2) is 18.1 Å². The second-order valence-corrected chi connectivity index (χ2v) is 6.82. The molecule has 0 bridgehead atoms.